The van der Waals surface area contributed by atoms with Gasteiger partial charge in [0.15, 0.2) is 0 Å². The van der Waals surface area contributed by atoms with Crippen molar-refractivity contribution < 1.29 is 33.3 Å². The number of hydrogen-bond acceptors (Lipinski definition) is 7. The van der Waals surface area contributed by atoms with E-state index in [1.807, 2.05) is 24.3 Å². The van der Waals surface area contributed by atoms with Crippen LogP contribution in [-0.4, -0.2) is 30.8 Å². The van der Waals surface area contributed by atoms with Crippen molar-refractivity contribution in [3.63, 3.8) is 0 Å². The Morgan fingerprint density at radius 1 is 0.829 bits per heavy atom. The molecule has 3 aromatic carbocycles. The van der Waals surface area contributed by atoms with Gasteiger partial charge in [0.25, 0.3) is 0 Å². The van der Waals surface area contributed by atoms with E-state index >= 15 is 0 Å². The first-order valence-electron chi connectivity index (χ1n) is 13.9. The summed E-state index contributed by atoms with van der Waals surface area (Å²) >= 11 is 0. The van der Waals surface area contributed by atoms with Gasteiger partial charge in [0, 0.05) is 6.08 Å². The summed E-state index contributed by atoms with van der Waals surface area (Å²) in [7, 11) is 0. The second-order valence-corrected chi connectivity index (χ2v) is 10.7. The number of hydrogen-bond donors (Lipinski definition) is 0. The normalized spacial score (nSPS) is 18.3. The van der Waals surface area contributed by atoms with Crippen molar-refractivity contribution in [2.24, 2.45) is 17.8 Å². The van der Waals surface area contributed by atoms with E-state index in [-0.39, 0.29) is 18.9 Å². The molecule has 0 radical (unpaired) electrons. The van der Waals surface area contributed by atoms with Crippen LogP contribution < -0.4 is 9.47 Å². The maximum Gasteiger partial charge on any atom is 0.343 e. The molecule has 0 aromatic heterocycles. The summed E-state index contributed by atoms with van der Waals surface area (Å²) in [5.41, 5.74) is 2.73. The minimum Gasteiger partial charge on any atom is -0.458 e. The molecule has 3 atom stereocenters. The van der Waals surface area contributed by atoms with Crippen molar-refractivity contribution in [3.8, 4) is 22.6 Å². The van der Waals surface area contributed by atoms with E-state index in [0.717, 1.165) is 30.0 Å². The second kappa shape index (κ2) is 13.8. The van der Waals surface area contributed by atoms with E-state index in [4.69, 9.17) is 18.9 Å². The van der Waals surface area contributed by atoms with Crippen LogP contribution >= 0.6 is 0 Å². The molecule has 7 heteroatoms. The monoisotopic (exact) mass is 556 g/mol. The Bertz CT molecular complexity index is 1340. The highest BCUT2D eigenvalue weighted by Gasteiger charge is 2.33. The van der Waals surface area contributed by atoms with E-state index in [2.05, 4.69) is 27.4 Å². The third-order valence-corrected chi connectivity index (χ3v) is 7.42. The van der Waals surface area contributed by atoms with Gasteiger partial charge in [-0.2, -0.15) is 0 Å². The van der Waals surface area contributed by atoms with Crippen LogP contribution in [0.1, 0.15) is 60.7 Å². The smallest absolute Gasteiger partial charge is 0.343 e. The van der Waals surface area contributed by atoms with Gasteiger partial charge >= 0.3 is 17.9 Å². The summed E-state index contributed by atoms with van der Waals surface area (Å²) in [4.78, 5) is 36.5. The predicted molar refractivity (Wildman–Crippen MR) is 156 cm³/mol. The molecular formula is C34H36O7. The van der Waals surface area contributed by atoms with Crippen molar-refractivity contribution >= 4 is 17.9 Å². The first-order chi connectivity index (χ1) is 19.7. The van der Waals surface area contributed by atoms with E-state index in [9.17, 15) is 14.4 Å². The lowest BCUT2D eigenvalue weighted by Crippen LogP contribution is -2.35. The molecule has 0 amide bonds. The van der Waals surface area contributed by atoms with Gasteiger partial charge in [-0.1, -0.05) is 58.0 Å². The summed E-state index contributed by atoms with van der Waals surface area (Å²) in [6, 6.07) is 20.8. The fourth-order valence-electron chi connectivity index (χ4n) is 5.04. The Kier molecular flexibility index (Phi) is 9.95. The number of carbonyl (C=O) groups excluding carboxylic acids is 3. The summed E-state index contributed by atoms with van der Waals surface area (Å²) in [5.74, 6) is 0.897. The van der Waals surface area contributed by atoms with E-state index in [0.29, 0.717) is 40.4 Å². The minimum atomic E-state index is -0.586. The first kappa shape index (κ1) is 29.6. The molecule has 214 valence electrons. The third-order valence-electron chi connectivity index (χ3n) is 7.42. The average molecular weight is 557 g/mol. The highest BCUT2D eigenvalue weighted by molar-refractivity contribution is 5.91. The fraction of sp³-hybridized carbons (Fsp3) is 0.324. The minimum absolute atomic E-state index is 0.0404. The van der Waals surface area contributed by atoms with Crippen LogP contribution in [0.4, 0.5) is 0 Å². The summed E-state index contributed by atoms with van der Waals surface area (Å²) < 4.78 is 21.5. The van der Waals surface area contributed by atoms with Gasteiger partial charge in [0.1, 0.15) is 17.6 Å². The fourth-order valence-corrected chi connectivity index (χ4v) is 5.04. The molecule has 1 aliphatic rings. The molecule has 41 heavy (non-hydrogen) atoms. The molecule has 0 heterocycles. The van der Waals surface area contributed by atoms with Crippen LogP contribution in [-0.2, 0) is 14.3 Å². The van der Waals surface area contributed by atoms with Gasteiger partial charge in [0.05, 0.1) is 11.1 Å². The molecule has 0 saturated heterocycles. The maximum atomic E-state index is 12.9. The molecule has 0 aliphatic heterocycles. The van der Waals surface area contributed by atoms with E-state index < -0.39 is 11.9 Å². The SMILES string of the molecule is C=CC(=O)OCOc1ccc(C(=O)Oc2ccc(-c3ccc(C(=O)OC4CC(C)CCC4C(C)C)cc3)cc2)cc1. The molecule has 3 aromatic rings. The molecule has 1 fully saturated rings. The molecule has 4 rings (SSSR count). The summed E-state index contributed by atoms with van der Waals surface area (Å²) in [6.45, 7) is 9.67. The zero-order valence-corrected chi connectivity index (χ0v) is 23.7. The Hall–Kier alpha value is -4.39. The molecule has 1 aliphatic carbocycles. The topological polar surface area (TPSA) is 88.1 Å². The van der Waals surface area contributed by atoms with Crippen LogP contribution in [0, 0.1) is 17.8 Å². The zero-order chi connectivity index (χ0) is 29.4. The lowest BCUT2D eigenvalue weighted by atomic mass is 9.75. The number of esters is 3. The number of benzene rings is 3. The highest BCUT2D eigenvalue weighted by Crippen LogP contribution is 2.36. The van der Waals surface area contributed by atoms with Crippen LogP contribution in [0.2, 0.25) is 0 Å². The lowest BCUT2D eigenvalue weighted by Gasteiger charge is -2.36. The highest BCUT2D eigenvalue weighted by atomic mass is 16.7. The number of carbonyl (C=O) groups is 3. The second-order valence-electron chi connectivity index (χ2n) is 10.7. The van der Waals surface area contributed by atoms with Crippen LogP contribution in [0.15, 0.2) is 85.5 Å². The Balaban J connectivity index is 1.31. The standard InChI is InChI=1S/C34H36O7/c1-5-32(35)39-21-38-28-15-13-27(14-16-28)33(36)40-29-17-11-25(12-18-29)24-7-9-26(10-8-24)34(37)41-31-20-23(4)6-19-30(31)22(2)3/h5,7-18,22-23,30-31H,1,6,19-21H2,2-4H3. The Morgan fingerprint density at radius 2 is 1.39 bits per heavy atom. The van der Waals surface area contributed by atoms with Crippen molar-refractivity contribution in [1.29, 1.82) is 0 Å². The molecule has 1 saturated carbocycles. The third kappa shape index (κ3) is 8.07. The quantitative estimate of drug-likeness (QED) is 0.112. The Labute approximate surface area is 241 Å². The Morgan fingerprint density at radius 3 is 2.00 bits per heavy atom. The number of rotatable bonds is 10. The van der Waals surface area contributed by atoms with Crippen LogP contribution in [0.3, 0.4) is 0 Å². The zero-order valence-electron chi connectivity index (χ0n) is 23.7. The van der Waals surface area contributed by atoms with Gasteiger partial charge < -0.3 is 18.9 Å². The van der Waals surface area contributed by atoms with Crippen molar-refractivity contribution in [1.82, 2.24) is 0 Å². The van der Waals surface area contributed by atoms with Crippen molar-refractivity contribution in [2.75, 3.05) is 6.79 Å². The predicted octanol–water partition coefficient (Wildman–Crippen LogP) is 7.26. The van der Waals surface area contributed by atoms with Crippen LogP contribution in [0.5, 0.6) is 11.5 Å². The summed E-state index contributed by atoms with van der Waals surface area (Å²) in [5, 5.41) is 0. The van der Waals surface area contributed by atoms with Crippen molar-refractivity contribution in [3.05, 3.63) is 96.6 Å². The van der Waals surface area contributed by atoms with Gasteiger partial charge in [-0.05, 0) is 90.3 Å². The molecule has 3 unspecified atom stereocenters. The largest absolute Gasteiger partial charge is 0.458 e. The maximum absolute atomic E-state index is 12.9. The molecule has 0 bridgehead atoms. The molecular weight excluding hydrogens is 520 g/mol. The average Bonchev–Trinajstić information content (AvgIpc) is 2.97. The molecule has 0 N–H and O–H groups in total. The molecule has 7 nitrogen and oxygen atoms in total. The number of ether oxygens (including phenoxy) is 4. The van der Waals surface area contributed by atoms with Gasteiger partial charge in [-0.3, -0.25) is 0 Å². The molecule has 0 spiro atoms. The van der Waals surface area contributed by atoms with E-state index in [1.54, 1.807) is 48.5 Å². The van der Waals surface area contributed by atoms with E-state index in [1.165, 1.54) is 6.42 Å². The van der Waals surface area contributed by atoms with Crippen molar-refractivity contribution in [2.45, 2.75) is 46.1 Å². The first-order valence-corrected chi connectivity index (χ1v) is 13.9. The van der Waals surface area contributed by atoms with Crippen LogP contribution in [0.25, 0.3) is 11.1 Å². The summed E-state index contributed by atoms with van der Waals surface area (Å²) in [6.07, 6.45) is 4.20. The van der Waals surface area contributed by atoms with Gasteiger partial charge in [-0.25, -0.2) is 14.4 Å². The lowest BCUT2D eigenvalue weighted by molar-refractivity contribution is -0.144. The van der Waals surface area contributed by atoms with Gasteiger partial charge in [-0.15, -0.1) is 0 Å². The van der Waals surface area contributed by atoms with Gasteiger partial charge in [0.2, 0.25) is 6.79 Å².